The molecular weight excluding hydrogens is 997 g/mol. The van der Waals surface area contributed by atoms with E-state index >= 15 is 0 Å². The number of aromatic nitrogens is 4. The van der Waals surface area contributed by atoms with Gasteiger partial charge in [-0.15, -0.1) is 22.7 Å². The number of para-hydroxylation sites is 5. The molecule has 6 aromatic heterocycles. The van der Waals surface area contributed by atoms with Crippen LogP contribution in [0.25, 0.3) is 145 Å². The number of thiophene rings is 2. The molecule has 0 aliphatic carbocycles. The van der Waals surface area contributed by atoms with Crippen molar-refractivity contribution in [3.05, 3.63) is 223 Å². The average Bonchev–Trinajstić information content (AvgIpc) is 4.38. The Kier molecular flexibility index (Phi) is 9.47. The standard InChI is InChI=1S/C68H40N6S3/c1-2-17-39-40-18-3-12-27-55(40)74(60(39)38-75)68-52(37-70)66(72-56-28-13-6-21-43(56)47-34-63-49(32-58(47)72)45-23-8-15-30-61(45)76-63)65(71-53-25-10-4-19-41(53)42-20-5-11-26-54(42)71)51(36-69)67(68)73-57-29-14-7-22-44(57)48-35-64-50(33-59(48)73)46-24-9-16-31-62(46)77-64/h2-35,75H,38H2,1H3/b17-2-. The number of thiol groups is 1. The van der Waals surface area contributed by atoms with Crippen LogP contribution in [-0.4, -0.2) is 18.3 Å². The first-order valence-electron chi connectivity index (χ1n) is 25.7. The van der Waals surface area contributed by atoms with Gasteiger partial charge >= 0.3 is 0 Å². The summed E-state index contributed by atoms with van der Waals surface area (Å²) in [6, 6.07) is 74.9. The highest BCUT2D eigenvalue weighted by molar-refractivity contribution is 7.79. The molecule has 16 rings (SSSR count). The zero-order valence-corrected chi connectivity index (χ0v) is 43.8. The van der Waals surface area contributed by atoms with Gasteiger partial charge < -0.3 is 18.3 Å². The van der Waals surface area contributed by atoms with Crippen molar-refractivity contribution in [3.63, 3.8) is 0 Å². The largest absolute Gasteiger partial charge is 0.309 e. The molecule has 0 N–H and O–H groups in total. The van der Waals surface area contributed by atoms with Gasteiger partial charge in [0.05, 0.1) is 61.4 Å². The normalized spacial score (nSPS) is 12.3. The Morgan fingerprint density at radius 1 is 0.377 bits per heavy atom. The van der Waals surface area contributed by atoms with Crippen molar-refractivity contribution in [2.45, 2.75) is 12.7 Å². The molecule has 360 valence electrons. The Hall–Kier alpha value is -9.35. The lowest BCUT2D eigenvalue weighted by molar-refractivity contribution is 0.980. The molecule has 0 aliphatic rings. The van der Waals surface area contributed by atoms with Crippen molar-refractivity contribution in [3.8, 4) is 34.9 Å². The first-order valence-corrected chi connectivity index (χ1v) is 27.9. The second-order valence-corrected chi connectivity index (χ2v) is 22.2. The van der Waals surface area contributed by atoms with E-state index in [0.29, 0.717) is 39.6 Å². The van der Waals surface area contributed by atoms with Crippen LogP contribution in [-0.2, 0) is 5.75 Å². The third kappa shape index (κ3) is 5.93. The van der Waals surface area contributed by atoms with Crippen LogP contribution < -0.4 is 0 Å². The summed E-state index contributed by atoms with van der Waals surface area (Å²) in [6.45, 7) is 2.04. The van der Waals surface area contributed by atoms with Crippen molar-refractivity contribution in [2.75, 3.05) is 0 Å². The molecule has 0 spiro atoms. The van der Waals surface area contributed by atoms with Crippen LogP contribution in [0.4, 0.5) is 0 Å². The molecular formula is C68H40N6S3. The van der Waals surface area contributed by atoms with Crippen molar-refractivity contribution in [1.29, 1.82) is 10.5 Å². The van der Waals surface area contributed by atoms with Gasteiger partial charge in [-0.1, -0.05) is 140 Å². The Morgan fingerprint density at radius 3 is 1.12 bits per heavy atom. The molecule has 0 amide bonds. The van der Waals surface area contributed by atoms with Crippen LogP contribution in [0.2, 0.25) is 0 Å². The molecule has 10 aromatic carbocycles. The lowest BCUT2D eigenvalue weighted by Gasteiger charge is -2.27. The number of nitriles is 2. The first kappa shape index (κ1) is 44.0. The number of nitrogens with zero attached hydrogens (tertiary/aromatic N) is 6. The molecule has 9 heteroatoms. The topological polar surface area (TPSA) is 67.3 Å². The molecule has 0 bridgehead atoms. The molecule has 0 fully saturated rings. The van der Waals surface area contributed by atoms with Crippen molar-refractivity contribution < 1.29 is 0 Å². The van der Waals surface area contributed by atoms with Gasteiger partial charge in [0.1, 0.15) is 23.3 Å². The van der Waals surface area contributed by atoms with Crippen LogP contribution >= 0.6 is 35.3 Å². The number of hydrogen-bond donors (Lipinski definition) is 1. The fraction of sp³-hybridized carbons (Fsp3) is 0.0294. The summed E-state index contributed by atoms with van der Waals surface area (Å²) < 4.78 is 13.9. The lowest BCUT2D eigenvalue weighted by atomic mass is 9.98. The summed E-state index contributed by atoms with van der Waals surface area (Å²) in [5.74, 6) is 0.345. The smallest absolute Gasteiger partial charge is 0.104 e. The van der Waals surface area contributed by atoms with Gasteiger partial charge in [0, 0.05) is 95.1 Å². The third-order valence-electron chi connectivity index (χ3n) is 15.9. The van der Waals surface area contributed by atoms with Gasteiger partial charge in [0.15, 0.2) is 0 Å². The second-order valence-electron chi connectivity index (χ2n) is 19.7. The monoisotopic (exact) mass is 1040 g/mol. The molecule has 16 aromatic rings. The van der Waals surface area contributed by atoms with Gasteiger partial charge in [-0.05, 0) is 73.7 Å². The molecule has 0 saturated carbocycles. The van der Waals surface area contributed by atoms with E-state index in [-0.39, 0.29) is 0 Å². The van der Waals surface area contributed by atoms with Crippen molar-refractivity contribution in [1.82, 2.24) is 18.3 Å². The highest BCUT2D eigenvalue weighted by Crippen LogP contribution is 2.50. The summed E-state index contributed by atoms with van der Waals surface area (Å²) in [7, 11) is 0. The fourth-order valence-corrected chi connectivity index (χ4v) is 15.4. The lowest BCUT2D eigenvalue weighted by Crippen LogP contribution is -2.17. The fourth-order valence-electron chi connectivity index (χ4n) is 12.9. The summed E-state index contributed by atoms with van der Waals surface area (Å²) in [4.78, 5) is 0. The van der Waals surface area contributed by atoms with Crippen LogP contribution in [0.5, 0.6) is 0 Å². The molecule has 0 saturated heterocycles. The highest BCUT2D eigenvalue weighted by atomic mass is 32.1. The van der Waals surface area contributed by atoms with E-state index in [9.17, 15) is 10.5 Å². The van der Waals surface area contributed by atoms with Crippen molar-refractivity contribution >= 4 is 158 Å². The van der Waals surface area contributed by atoms with E-state index in [1.54, 1.807) is 22.7 Å². The van der Waals surface area contributed by atoms with Crippen LogP contribution in [0.1, 0.15) is 29.3 Å². The van der Waals surface area contributed by atoms with E-state index in [1.165, 1.54) is 29.6 Å². The third-order valence-corrected chi connectivity index (χ3v) is 18.5. The number of fused-ring (bicyclic) bond motifs is 16. The van der Waals surface area contributed by atoms with Crippen LogP contribution in [0.3, 0.4) is 0 Å². The maximum absolute atomic E-state index is 12.8. The molecule has 0 radical (unpaired) electrons. The van der Waals surface area contributed by atoms with E-state index in [0.717, 1.165) is 98.4 Å². The number of rotatable bonds is 6. The number of allylic oxidation sites excluding steroid dienone is 1. The zero-order valence-electron chi connectivity index (χ0n) is 41.3. The zero-order chi connectivity index (χ0) is 51.2. The Bertz CT molecular complexity index is 5330. The number of hydrogen-bond acceptors (Lipinski definition) is 5. The van der Waals surface area contributed by atoms with Crippen LogP contribution in [0.15, 0.2) is 200 Å². The first-order chi connectivity index (χ1) is 38.1. The Morgan fingerprint density at radius 2 is 0.714 bits per heavy atom. The summed E-state index contributed by atoms with van der Waals surface area (Å²) in [5.41, 5.74) is 11.7. The predicted molar refractivity (Wildman–Crippen MR) is 329 cm³/mol. The van der Waals surface area contributed by atoms with E-state index in [4.69, 9.17) is 12.6 Å². The molecule has 0 atom stereocenters. The average molecular weight is 1040 g/mol. The molecule has 0 aliphatic heterocycles. The molecule has 6 nitrogen and oxygen atoms in total. The minimum absolute atomic E-state index is 0.345. The highest BCUT2D eigenvalue weighted by Gasteiger charge is 2.35. The molecule has 0 unspecified atom stereocenters. The van der Waals surface area contributed by atoms with Gasteiger partial charge in [-0.2, -0.15) is 23.2 Å². The number of benzene rings is 10. The van der Waals surface area contributed by atoms with Gasteiger partial charge in [0.25, 0.3) is 0 Å². The predicted octanol–water partition coefficient (Wildman–Crippen LogP) is 18.9. The Balaban J connectivity index is 1.22. The second kappa shape index (κ2) is 16.6. The van der Waals surface area contributed by atoms with Crippen molar-refractivity contribution in [2.24, 2.45) is 0 Å². The van der Waals surface area contributed by atoms with E-state index in [2.05, 4.69) is 237 Å². The maximum Gasteiger partial charge on any atom is 0.104 e. The SMILES string of the molecule is C/C=C\c1c(CS)n(-c2c(C#N)c(-n3c4ccccc4c4cc5sc6ccccc6c5cc43)c(-n3c4ccccc4c4ccccc43)c(C#N)c2-n2c3ccccc3c3cc4sc5ccccc5c4cc32)c2ccccc12. The Labute approximate surface area is 454 Å². The maximum atomic E-state index is 12.8. The quantitative estimate of drug-likeness (QED) is 0.169. The van der Waals surface area contributed by atoms with Gasteiger partial charge in [-0.3, -0.25) is 0 Å². The van der Waals surface area contributed by atoms with Gasteiger partial charge in [-0.25, -0.2) is 0 Å². The summed E-state index contributed by atoms with van der Waals surface area (Å²) in [5, 5.41) is 37.6. The molecule has 6 heterocycles. The summed E-state index contributed by atoms with van der Waals surface area (Å²) in [6.07, 6.45) is 4.22. The minimum Gasteiger partial charge on any atom is -0.309 e. The molecule has 77 heavy (non-hydrogen) atoms. The van der Waals surface area contributed by atoms with Gasteiger partial charge in [0.2, 0.25) is 0 Å². The van der Waals surface area contributed by atoms with E-state index in [1.807, 2.05) is 6.92 Å². The minimum atomic E-state index is 0.345. The summed E-state index contributed by atoms with van der Waals surface area (Å²) >= 11 is 8.77. The van der Waals surface area contributed by atoms with Crippen LogP contribution in [0, 0.1) is 22.7 Å². The van der Waals surface area contributed by atoms with E-state index < -0.39 is 0 Å².